The zero-order valence-corrected chi connectivity index (χ0v) is 39.3. The summed E-state index contributed by atoms with van der Waals surface area (Å²) < 4.78 is 47.6. The highest BCUT2D eigenvalue weighted by atomic mass is 32.3. The Bertz CT molecular complexity index is 1190. The molecule has 0 radical (unpaired) electrons. The van der Waals surface area contributed by atoms with E-state index in [0.29, 0.717) is 6.42 Å². The van der Waals surface area contributed by atoms with Gasteiger partial charge in [-0.05, 0) is 44.9 Å². The predicted octanol–water partition coefficient (Wildman–Crippen LogP) is 10.1. The quantitative estimate of drug-likeness (QED) is 0.0194. The Balaban J connectivity index is 2.44. The predicted molar refractivity (Wildman–Crippen MR) is 245 cm³/mol. The highest BCUT2D eigenvalue weighted by Crippen LogP contribution is 2.26. The molecule has 13 heteroatoms. The van der Waals surface area contributed by atoms with Crippen LogP contribution in [0.25, 0.3) is 0 Å². The van der Waals surface area contributed by atoms with Gasteiger partial charge in [-0.25, -0.2) is 4.18 Å². The lowest BCUT2D eigenvalue weighted by Gasteiger charge is -2.41. The van der Waals surface area contributed by atoms with Crippen molar-refractivity contribution in [1.29, 1.82) is 0 Å². The van der Waals surface area contributed by atoms with E-state index in [1.165, 1.54) is 154 Å². The van der Waals surface area contributed by atoms with Gasteiger partial charge in [-0.3, -0.25) is 9.35 Å². The SMILES string of the molecule is CCCCCCCCC=CCCCCCCCCCCCCCC(=O)N[C@@H](CO[C@@H]1O[C@H](CO)[C@H](O)[C@H](OS(=O)(=O)O)[C@H]1O)[C@H](O)C=CCCCCCCCCCCCCC. The molecule has 1 rings (SSSR count). The van der Waals surface area contributed by atoms with Gasteiger partial charge in [0.25, 0.3) is 0 Å². The van der Waals surface area contributed by atoms with Gasteiger partial charge in [0.2, 0.25) is 5.91 Å². The van der Waals surface area contributed by atoms with Crippen molar-refractivity contribution >= 4 is 16.3 Å². The highest BCUT2D eigenvalue weighted by molar-refractivity contribution is 7.80. The molecule has 0 unspecified atom stereocenters. The summed E-state index contributed by atoms with van der Waals surface area (Å²) >= 11 is 0. The first-order valence-electron chi connectivity index (χ1n) is 24.7. The van der Waals surface area contributed by atoms with Crippen molar-refractivity contribution < 1.29 is 51.8 Å². The number of aliphatic hydroxyl groups is 4. The molecule has 1 aliphatic rings. The van der Waals surface area contributed by atoms with Gasteiger partial charge in [-0.15, -0.1) is 0 Å². The van der Waals surface area contributed by atoms with Gasteiger partial charge in [0.15, 0.2) is 6.29 Å². The van der Waals surface area contributed by atoms with E-state index >= 15 is 0 Å². The van der Waals surface area contributed by atoms with Crippen LogP contribution in [0, 0.1) is 0 Å². The van der Waals surface area contributed by atoms with Crippen molar-refractivity contribution in [3.05, 3.63) is 24.3 Å². The molecule has 0 aromatic heterocycles. The molecule has 0 saturated carbocycles. The van der Waals surface area contributed by atoms with E-state index in [4.69, 9.17) is 9.47 Å². The number of allylic oxidation sites excluding steroid dienone is 3. The van der Waals surface area contributed by atoms with E-state index < -0.39 is 59.9 Å². The fraction of sp³-hybridized carbons (Fsp3) is 0.896. The molecule has 1 aliphatic heterocycles. The average Bonchev–Trinajstić information content (AvgIpc) is 3.23. The zero-order valence-electron chi connectivity index (χ0n) is 38.5. The Morgan fingerprint density at radius 3 is 1.48 bits per heavy atom. The number of unbranched alkanes of at least 4 members (excludes halogenated alkanes) is 28. The second kappa shape index (κ2) is 39.0. The van der Waals surface area contributed by atoms with Crippen molar-refractivity contribution in [3.8, 4) is 0 Å². The Morgan fingerprint density at radius 1 is 0.639 bits per heavy atom. The monoisotopic (exact) mass is 890 g/mol. The average molecular weight is 890 g/mol. The van der Waals surface area contributed by atoms with Gasteiger partial charge in [0.05, 0.1) is 25.4 Å². The second-order valence-electron chi connectivity index (χ2n) is 17.4. The minimum absolute atomic E-state index is 0.263. The molecule has 1 heterocycles. The summed E-state index contributed by atoms with van der Waals surface area (Å²) in [7, 11) is -5.08. The van der Waals surface area contributed by atoms with Crippen LogP contribution in [0.15, 0.2) is 24.3 Å². The van der Waals surface area contributed by atoms with Gasteiger partial charge in [0, 0.05) is 6.42 Å². The first-order chi connectivity index (χ1) is 29.5. The van der Waals surface area contributed by atoms with E-state index in [2.05, 4.69) is 35.5 Å². The molecule has 1 fully saturated rings. The molecule has 12 nitrogen and oxygen atoms in total. The number of nitrogens with one attached hydrogen (secondary N) is 1. The normalized spacial score (nSPS) is 20.8. The summed E-state index contributed by atoms with van der Waals surface area (Å²) in [6.45, 7) is 3.38. The summed E-state index contributed by atoms with van der Waals surface area (Å²) in [6.07, 6.45) is 36.4. The Morgan fingerprint density at radius 2 is 1.05 bits per heavy atom. The van der Waals surface area contributed by atoms with Gasteiger partial charge < -0.3 is 35.2 Å². The van der Waals surface area contributed by atoms with Crippen LogP contribution in [0.5, 0.6) is 0 Å². The molecule has 0 aromatic carbocycles. The van der Waals surface area contributed by atoms with E-state index in [1.807, 2.05) is 6.08 Å². The Kier molecular flexibility index (Phi) is 36.8. The highest BCUT2D eigenvalue weighted by Gasteiger charge is 2.48. The number of ether oxygens (including phenoxy) is 2. The fourth-order valence-corrected chi connectivity index (χ4v) is 8.37. The Labute approximate surface area is 372 Å². The Hall–Kier alpha value is -1.42. The third kappa shape index (κ3) is 32.0. The van der Waals surface area contributed by atoms with Crippen molar-refractivity contribution in [2.75, 3.05) is 13.2 Å². The second-order valence-corrected chi connectivity index (χ2v) is 18.4. The van der Waals surface area contributed by atoms with Crippen LogP contribution in [0.3, 0.4) is 0 Å². The molecule has 61 heavy (non-hydrogen) atoms. The largest absolute Gasteiger partial charge is 0.397 e. The topological polar surface area (TPSA) is 192 Å². The van der Waals surface area contributed by atoms with Gasteiger partial charge in [-0.2, -0.15) is 8.42 Å². The van der Waals surface area contributed by atoms with Crippen LogP contribution in [-0.4, -0.2) is 95.4 Å². The molecule has 1 saturated heterocycles. The van der Waals surface area contributed by atoms with Crippen molar-refractivity contribution in [1.82, 2.24) is 5.32 Å². The lowest BCUT2D eigenvalue weighted by molar-refractivity contribution is -0.298. The summed E-state index contributed by atoms with van der Waals surface area (Å²) in [5, 5.41) is 44.7. The number of carbonyl (C=O) groups is 1. The molecule has 360 valence electrons. The van der Waals surface area contributed by atoms with Crippen LogP contribution >= 0.6 is 0 Å². The van der Waals surface area contributed by atoms with Crippen LogP contribution in [0.4, 0.5) is 0 Å². The maximum Gasteiger partial charge on any atom is 0.397 e. The first kappa shape index (κ1) is 57.6. The number of aliphatic hydroxyl groups excluding tert-OH is 4. The number of carbonyl (C=O) groups excluding carboxylic acids is 1. The maximum atomic E-state index is 13.0. The van der Waals surface area contributed by atoms with Crippen LogP contribution < -0.4 is 5.32 Å². The number of amides is 1. The molecule has 0 aliphatic carbocycles. The first-order valence-corrected chi connectivity index (χ1v) is 26.1. The lowest BCUT2D eigenvalue weighted by atomic mass is 9.99. The number of rotatable bonds is 42. The van der Waals surface area contributed by atoms with Crippen molar-refractivity contribution in [2.24, 2.45) is 0 Å². The fourth-order valence-electron chi connectivity index (χ4n) is 7.86. The van der Waals surface area contributed by atoms with Gasteiger partial charge in [0.1, 0.15) is 24.4 Å². The summed E-state index contributed by atoms with van der Waals surface area (Å²) in [4.78, 5) is 13.0. The molecular weight excluding hydrogens is 799 g/mol. The maximum absolute atomic E-state index is 13.0. The number of hydrogen-bond donors (Lipinski definition) is 6. The lowest BCUT2D eigenvalue weighted by Crippen LogP contribution is -2.61. The van der Waals surface area contributed by atoms with Crippen LogP contribution in [0.2, 0.25) is 0 Å². The van der Waals surface area contributed by atoms with Gasteiger partial charge >= 0.3 is 10.4 Å². The van der Waals surface area contributed by atoms with Crippen molar-refractivity contribution in [2.45, 2.75) is 262 Å². The van der Waals surface area contributed by atoms with Crippen LogP contribution in [0.1, 0.15) is 219 Å². The van der Waals surface area contributed by atoms with E-state index in [1.54, 1.807) is 6.08 Å². The minimum atomic E-state index is -5.08. The third-order valence-electron chi connectivity index (χ3n) is 11.7. The molecule has 0 spiro atoms. The van der Waals surface area contributed by atoms with Crippen molar-refractivity contribution in [3.63, 3.8) is 0 Å². The molecule has 0 bridgehead atoms. The van der Waals surface area contributed by atoms with Gasteiger partial charge in [-0.1, -0.05) is 192 Å². The van der Waals surface area contributed by atoms with E-state index in [9.17, 15) is 38.2 Å². The van der Waals surface area contributed by atoms with E-state index in [0.717, 1.165) is 38.5 Å². The standard InChI is InChI=1S/C48H91NO11S/c1-3-5-7-9-11-13-15-17-18-19-20-21-22-23-24-26-28-30-32-34-36-38-44(52)49-41(42(51)37-35-33-31-29-27-25-16-14-12-10-8-6-4-2)40-58-48-46(54)47(60-61(55,56)57)45(53)43(39-50)59-48/h17-18,35,37,41-43,45-48,50-51,53-54H,3-16,19-34,36,38-40H2,1-2H3,(H,49,52)(H,55,56,57)/t41-,42+,43+,45-,46+,47-,48+/m0/s1. The molecule has 1 amide bonds. The summed E-state index contributed by atoms with van der Waals surface area (Å²) in [5.74, 6) is -0.263. The number of hydrogen-bond acceptors (Lipinski definition) is 10. The van der Waals surface area contributed by atoms with Crippen LogP contribution in [-0.2, 0) is 28.9 Å². The molecule has 6 N–H and O–H groups in total. The third-order valence-corrected chi connectivity index (χ3v) is 12.2. The zero-order chi connectivity index (χ0) is 44.8. The van der Waals surface area contributed by atoms with E-state index in [-0.39, 0.29) is 18.9 Å². The molecule has 0 aromatic rings. The summed E-state index contributed by atoms with van der Waals surface area (Å²) in [5.41, 5.74) is 0. The smallest absolute Gasteiger partial charge is 0.394 e. The minimum Gasteiger partial charge on any atom is -0.394 e. The summed E-state index contributed by atoms with van der Waals surface area (Å²) in [6, 6.07) is -0.941. The molecular formula is C48H91NO11S. The molecule has 7 atom stereocenters.